The van der Waals surface area contributed by atoms with Crippen molar-refractivity contribution in [3.05, 3.63) is 114 Å². The van der Waals surface area contributed by atoms with Crippen LogP contribution >= 0.6 is 0 Å². The Labute approximate surface area is 193 Å². The standard InChI is InChI=1S/C27H26N4O2/c1-20(24-8-10-25(11-9-24)31-17-16-29-21(31)2)30-27(32)14-7-22-5-12-26(13-6-22)33-19-23-4-3-15-28-18-23/h3-18,20H,19H2,1-2H3,(H,30,32)/b14-7+/t20-/m1/s1. The van der Waals surface area contributed by atoms with E-state index in [0.29, 0.717) is 6.61 Å². The minimum atomic E-state index is -0.145. The summed E-state index contributed by atoms with van der Waals surface area (Å²) in [5, 5.41) is 3.01. The van der Waals surface area contributed by atoms with Crippen molar-refractivity contribution in [2.45, 2.75) is 26.5 Å². The van der Waals surface area contributed by atoms with Gasteiger partial charge in [-0.15, -0.1) is 0 Å². The van der Waals surface area contributed by atoms with Gasteiger partial charge in [0.1, 0.15) is 18.2 Å². The van der Waals surface area contributed by atoms with Crippen LogP contribution in [-0.4, -0.2) is 20.4 Å². The Morgan fingerprint density at radius 2 is 1.88 bits per heavy atom. The number of pyridine rings is 1. The monoisotopic (exact) mass is 438 g/mol. The van der Waals surface area contributed by atoms with Crippen LogP contribution in [0.4, 0.5) is 0 Å². The summed E-state index contributed by atoms with van der Waals surface area (Å²) >= 11 is 0. The highest BCUT2D eigenvalue weighted by Gasteiger charge is 2.08. The number of carbonyl (C=O) groups excluding carboxylic acids is 1. The number of benzene rings is 2. The summed E-state index contributed by atoms with van der Waals surface area (Å²) in [6.07, 6.45) is 10.6. The number of carbonyl (C=O) groups is 1. The summed E-state index contributed by atoms with van der Waals surface area (Å²) in [4.78, 5) is 20.7. The molecule has 0 aliphatic carbocycles. The largest absolute Gasteiger partial charge is 0.489 e. The Kier molecular flexibility index (Phi) is 6.95. The predicted octanol–water partition coefficient (Wildman–Crippen LogP) is 5.05. The van der Waals surface area contributed by atoms with E-state index >= 15 is 0 Å². The smallest absolute Gasteiger partial charge is 0.244 e. The van der Waals surface area contributed by atoms with Crippen LogP contribution in [0.5, 0.6) is 5.75 Å². The first-order chi connectivity index (χ1) is 16.1. The minimum Gasteiger partial charge on any atom is -0.489 e. The van der Waals surface area contributed by atoms with E-state index in [0.717, 1.165) is 34.0 Å². The van der Waals surface area contributed by atoms with E-state index in [1.54, 1.807) is 30.7 Å². The third-order valence-electron chi connectivity index (χ3n) is 5.29. The molecule has 2 aromatic carbocycles. The maximum Gasteiger partial charge on any atom is 0.244 e. The summed E-state index contributed by atoms with van der Waals surface area (Å²) < 4.78 is 7.78. The van der Waals surface area contributed by atoms with Gasteiger partial charge in [-0.05, 0) is 61.4 Å². The number of hydrogen-bond donors (Lipinski definition) is 1. The SMILES string of the molecule is Cc1nccn1-c1ccc([C@@H](C)NC(=O)/C=C/c2ccc(OCc3cccnc3)cc2)cc1. The van der Waals surface area contributed by atoms with Gasteiger partial charge in [0.15, 0.2) is 0 Å². The zero-order chi connectivity index (χ0) is 23.0. The molecule has 1 amide bonds. The Bertz CT molecular complexity index is 1210. The van der Waals surface area contributed by atoms with Gasteiger partial charge in [0.05, 0.1) is 6.04 Å². The van der Waals surface area contributed by atoms with Crippen molar-refractivity contribution in [2.75, 3.05) is 0 Å². The van der Waals surface area contributed by atoms with Crippen molar-refractivity contribution in [1.82, 2.24) is 19.9 Å². The summed E-state index contributed by atoms with van der Waals surface area (Å²) in [5.41, 5.74) is 4.01. The van der Waals surface area contributed by atoms with Crippen LogP contribution < -0.4 is 10.1 Å². The maximum atomic E-state index is 12.4. The van der Waals surface area contributed by atoms with E-state index in [4.69, 9.17) is 4.74 Å². The first-order valence-electron chi connectivity index (χ1n) is 10.8. The number of amides is 1. The fourth-order valence-electron chi connectivity index (χ4n) is 3.42. The Balaban J connectivity index is 1.29. The molecule has 0 saturated carbocycles. The molecule has 0 bridgehead atoms. The van der Waals surface area contributed by atoms with Crippen LogP contribution in [0.3, 0.4) is 0 Å². The molecule has 4 aromatic rings. The number of imidazole rings is 1. The molecule has 0 spiro atoms. The molecule has 6 nitrogen and oxygen atoms in total. The third kappa shape index (κ3) is 5.95. The molecule has 4 rings (SSSR count). The molecule has 1 N–H and O–H groups in total. The molecule has 166 valence electrons. The molecule has 0 aliphatic rings. The second-order valence-electron chi connectivity index (χ2n) is 7.72. The van der Waals surface area contributed by atoms with Gasteiger partial charge < -0.3 is 14.6 Å². The van der Waals surface area contributed by atoms with Gasteiger partial charge in [-0.1, -0.05) is 30.3 Å². The summed E-state index contributed by atoms with van der Waals surface area (Å²) in [6.45, 7) is 4.40. The van der Waals surface area contributed by atoms with Crippen molar-refractivity contribution in [1.29, 1.82) is 0 Å². The van der Waals surface area contributed by atoms with Crippen molar-refractivity contribution in [3.63, 3.8) is 0 Å². The number of nitrogens with zero attached hydrogens (tertiary/aromatic N) is 3. The van der Waals surface area contributed by atoms with Gasteiger partial charge in [-0.3, -0.25) is 9.78 Å². The number of nitrogens with one attached hydrogen (secondary N) is 1. The average Bonchev–Trinajstić information content (AvgIpc) is 3.28. The number of rotatable bonds is 8. The van der Waals surface area contributed by atoms with E-state index in [1.807, 2.05) is 85.3 Å². The van der Waals surface area contributed by atoms with E-state index in [9.17, 15) is 4.79 Å². The lowest BCUT2D eigenvalue weighted by Crippen LogP contribution is -2.24. The molecule has 0 unspecified atom stereocenters. The third-order valence-corrected chi connectivity index (χ3v) is 5.29. The van der Waals surface area contributed by atoms with Gasteiger partial charge in [-0.2, -0.15) is 0 Å². The number of ether oxygens (including phenoxy) is 1. The van der Waals surface area contributed by atoms with Crippen LogP contribution in [-0.2, 0) is 11.4 Å². The summed E-state index contributed by atoms with van der Waals surface area (Å²) in [6, 6.07) is 19.5. The molecule has 0 fully saturated rings. The van der Waals surface area contributed by atoms with Crippen LogP contribution in [0, 0.1) is 6.92 Å². The maximum absolute atomic E-state index is 12.4. The highest BCUT2D eigenvalue weighted by molar-refractivity contribution is 5.92. The fraction of sp³-hybridized carbons (Fsp3) is 0.148. The normalized spacial score (nSPS) is 11.9. The first-order valence-corrected chi connectivity index (χ1v) is 10.8. The summed E-state index contributed by atoms with van der Waals surface area (Å²) in [5.74, 6) is 1.56. The van der Waals surface area contributed by atoms with Crippen molar-refractivity contribution >= 4 is 12.0 Å². The van der Waals surface area contributed by atoms with Gasteiger partial charge >= 0.3 is 0 Å². The molecular formula is C27H26N4O2. The highest BCUT2D eigenvalue weighted by atomic mass is 16.5. The second kappa shape index (κ2) is 10.4. The van der Waals surface area contributed by atoms with Gasteiger partial charge in [0.25, 0.3) is 0 Å². The van der Waals surface area contributed by atoms with Gasteiger partial charge in [0.2, 0.25) is 5.91 Å². The molecule has 0 radical (unpaired) electrons. The molecule has 33 heavy (non-hydrogen) atoms. The predicted molar refractivity (Wildman–Crippen MR) is 129 cm³/mol. The zero-order valence-corrected chi connectivity index (χ0v) is 18.7. The number of aryl methyl sites for hydroxylation is 1. The summed E-state index contributed by atoms with van der Waals surface area (Å²) in [7, 11) is 0. The number of aromatic nitrogens is 3. The molecule has 1 atom stereocenters. The molecule has 6 heteroatoms. The minimum absolute atomic E-state index is 0.108. The molecular weight excluding hydrogens is 412 g/mol. The average molecular weight is 439 g/mol. The number of hydrogen-bond acceptors (Lipinski definition) is 4. The molecule has 2 heterocycles. The lowest BCUT2D eigenvalue weighted by molar-refractivity contribution is -0.117. The van der Waals surface area contributed by atoms with Crippen molar-refractivity contribution < 1.29 is 9.53 Å². The van der Waals surface area contributed by atoms with E-state index in [2.05, 4.69) is 15.3 Å². The molecule has 2 aromatic heterocycles. The quantitative estimate of drug-likeness (QED) is 0.391. The zero-order valence-electron chi connectivity index (χ0n) is 18.7. The van der Waals surface area contributed by atoms with E-state index < -0.39 is 0 Å². The fourth-order valence-corrected chi connectivity index (χ4v) is 3.42. The van der Waals surface area contributed by atoms with Crippen LogP contribution in [0.25, 0.3) is 11.8 Å². The van der Waals surface area contributed by atoms with Crippen molar-refractivity contribution in [3.8, 4) is 11.4 Å². The first kappa shape index (κ1) is 22.0. The second-order valence-corrected chi connectivity index (χ2v) is 7.72. The Morgan fingerprint density at radius 3 is 2.55 bits per heavy atom. The lowest BCUT2D eigenvalue weighted by Gasteiger charge is -2.14. The topological polar surface area (TPSA) is 69.0 Å². The lowest BCUT2D eigenvalue weighted by atomic mass is 10.1. The Morgan fingerprint density at radius 1 is 1.09 bits per heavy atom. The van der Waals surface area contributed by atoms with Crippen molar-refractivity contribution in [2.24, 2.45) is 0 Å². The van der Waals surface area contributed by atoms with E-state index in [1.165, 1.54) is 0 Å². The van der Waals surface area contributed by atoms with Crippen LogP contribution in [0.15, 0.2) is 91.5 Å². The van der Waals surface area contributed by atoms with Crippen LogP contribution in [0.2, 0.25) is 0 Å². The van der Waals surface area contributed by atoms with Crippen LogP contribution in [0.1, 0.15) is 35.5 Å². The van der Waals surface area contributed by atoms with Gasteiger partial charge in [0, 0.05) is 42.1 Å². The molecule has 0 aliphatic heterocycles. The Hall–Kier alpha value is -4.19. The van der Waals surface area contributed by atoms with Gasteiger partial charge in [-0.25, -0.2) is 4.98 Å². The molecule has 0 saturated heterocycles. The van der Waals surface area contributed by atoms with E-state index in [-0.39, 0.29) is 11.9 Å². The highest BCUT2D eigenvalue weighted by Crippen LogP contribution is 2.18.